The highest BCUT2D eigenvalue weighted by atomic mass is 16.3. The fourth-order valence-electron chi connectivity index (χ4n) is 1.50. The minimum Gasteiger partial charge on any atom is -0.394 e. The van der Waals surface area contributed by atoms with Gasteiger partial charge in [-0.1, -0.05) is 12.1 Å². The third kappa shape index (κ3) is 4.04. The van der Waals surface area contributed by atoms with Crippen molar-refractivity contribution in [2.24, 2.45) is 0 Å². The van der Waals surface area contributed by atoms with Crippen molar-refractivity contribution in [1.29, 1.82) is 0 Å². The van der Waals surface area contributed by atoms with Gasteiger partial charge in [0, 0.05) is 20.5 Å². The van der Waals surface area contributed by atoms with Crippen LogP contribution in [0.1, 0.15) is 17.3 Å². The second-order valence-corrected chi connectivity index (χ2v) is 4.14. The summed E-state index contributed by atoms with van der Waals surface area (Å²) in [5, 5.41) is 20.4. The molecule has 6 heteroatoms. The molecule has 0 saturated carbocycles. The second kappa shape index (κ2) is 6.86. The van der Waals surface area contributed by atoms with Gasteiger partial charge in [-0.25, -0.2) is 0 Å². The molecular formula is C13H18N2O4. The Morgan fingerprint density at radius 1 is 1.37 bits per heavy atom. The van der Waals surface area contributed by atoms with E-state index >= 15 is 0 Å². The third-order valence-electron chi connectivity index (χ3n) is 2.69. The summed E-state index contributed by atoms with van der Waals surface area (Å²) < 4.78 is 0. The number of carbonyl (C=O) groups is 2. The highest BCUT2D eigenvalue weighted by Gasteiger charge is 2.16. The Labute approximate surface area is 111 Å². The standard InChI is InChI=1S/C13H18N2O4/c1-9(17)15(2)12-6-4-3-5-11(12)13(19)14-7-10(18)8-16/h3-6,10,16,18H,7-8H2,1-2H3,(H,14,19). The van der Waals surface area contributed by atoms with E-state index in [-0.39, 0.29) is 12.5 Å². The van der Waals surface area contributed by atoms with Crippen LogP contribution in [0, 0.1) is 0 Å². The first-order chi connectivity index (χ1) is 8.97. The molecule has 0 aliphatic rings. The fraction of sp³-hybridized carbons (Fsp3) is 0.385. The molecule has 0 aromatic heterocycles. The summed E-state index contributed by atoms with van der Waals surface area (Å²) in [6.07, 6.45) is -0.998. The van der Waals surface area contributed by atoms with Gasteiger partial charge in [-0.05, 0) is 12.1 Å². The molecular weight excluding hydrogens is 248 g/mol. The van der Waals surface area contributed by atoms with E-state index in [1.165, 1.54) is 11.8 Å². The Kier molecular flexibility index (Phi) is 5.47. The van der Waals surface area contributed by atoms with Gasteiger partial charge in [0.05, 0.1) is 24.0 Å². The molecule has 0 spiro atoms. The summed E-state index contributed by atoms with van der Waals surface area (Å²) in [5.74, 6) is -0.591. The number of rotatable bonds is 5. The van der Waals surface area contributed by atoms with E-state index in [4.69, 9.17) is 5.11 Å². The molecule has 0 fully saturated rings. The van der Waals surface area contributed by atoms with Crippen molar-refractivity contribution in [3.05, 3.63) is 29.8 Å². The maximum absolute atomic E-state index is 12.0. The Morgan fingerprint density at radius 2 is 2.00 bits per heavy atom. The molecule has 0 heterocycles. The van der Waals surface area contributed by atoms with Crippen molar-refractivity contribution < 1.29 is 19.8 Å². The normalized spacial score (nSPS) is 11.8. The van der Waals surface area contributed by atoms with E-state index in [0.717, 1.165) is 0 Å². The van der Waals surface area contributed by atoms with Gasteiger partial charge < -0.3 is 20.4 Å². The van der Waals surface area contributed by atoms with Crippen LogP contribution in [0.15, 0.2) is 24.3 Å². The van der Waals surface area contributed by atoms with Crippen LogP contribution in [0.3, 0.4) is 0 Å². The van der Waals surface area contributed by atoms with Crippen LogP contribution in [0.5, 0.6) is 0 Å². The maximum Gasteiger partial charge on any atom is 0.253 e. The first kappa shape index (κ1) is 15.1. The van der Waals surface area contributed by atoms with Gasteiger partial charge >= 0.3 is 0 Å². The first-order valence-electron chi connectivity index (χ1n) is 5.87. The zero-order valence-electron chi connectivity index (χ0n) is 11.0. The molecule has 19 heavy (non-hydrogen) atoms. The number of aliphatic hydroxyl groups is 2. The quantitative estimate of drug-likeness (QED) is 0.685. The molecule has 2 amide bonds. The summed E-state index contributed by atoms with van der Waals surface area (Å²) in [6, 6.07) is 6.68. The van der Waals surface area contributed by atoms with Crippen molar-refractivity contribution >= 4 is 17.5 Å². The number of hydrogen-bond acceptors (Lipinski definition) is 4. The predicted octanol–water partition coefficient (Wildman–Crippen LogP) is -0.248. The summed E-state index contributed by atoms with van der Waals surface area (Å²) in [6.45, 7) is 0.937. The fourth-order valence-corrected chi connectivity index (χ4v) is 1.50. The number of nitrogens with one attached hydrogen (secondary N) is 1. The summed E-state index contributed by atoms with van der Waals surface area (Å²) in [7, 11) is 1.58. The van der Waals surface area contributed by atoms with Gasteiger partial charge in [-0.2, -0.15) is 0 Å². The molecule has 0 saturated heterocycles. The van der Waals surface area contributed by atoms with E-state index in [0.29, 0.717) is 11.3 Å². The lowest BCUT2D eigenvalue weighted by Gasteiger charge is -2.19. The number of amides is 2. The van der Waals surface area contributed by atoms with Crippen LogP contribution < -0.4 is 10.2 Å². The van der Waals surface area contributed by atoms with Crippen LogP contribution >= 0.6 is 0 Å². The lowest BCUT2D eigenvalue weighted by Crippen LogP contribution is -2.35. The molecule has 1 rings (SSSR count). The summed E-state index contributed by atoms with van der Waals surface area (Å²) in [5.41, 5.74) is 0.830. The number of carbonyl (C=O) groups excluding carboxylic acids is 2. The van der Waals surface area contributed by atoms with Crippen molar-refractivity contribution in [2.75, 3.05) is 25.1 Å². The average Bonchev–Trinajstić information content (AvgIpc) is 2.43. The van der Waals surface area contributed by atoms with E-state index in [2.05, 4.69) is 5.32 Å². The SMILES string of the molecule is CC(=O)N(C)c1ccccc1C(=O)NCC(O)CO. The number of benzene rings is 1. The smallest absolute Gasteiger partial charge is 0.253 e. The minimum absolute atomic E-state index is 0.0482. The van der Waals surface area contributed by atoms with Gasteiger partial charge in [-0.3, -0.25) is 9.59 Å². The molecule has 1 aromatic rings. The zero-order chi connectivity index (χ0) is 14.4. The van der Waals surface area contributed by atoms with Crippen molar-refractivity contribution in [3.8, 4) is 0 Å². The highest BCUT2D eigenvalue weighted by Crippen LogP contribution is 2.19. The Hall–Kier alpha value is -1.92. The largest absolute Gasteiger partial charge is 0.394 e. The second-order valence-electron chi connectivity index (χ2n) is 4.14. The third-order valence-corrected chi connectivity index (χ3v) is 2.69. The van der Waals surface area contributed by atoms with E-state index < -0.39 is 18.6 Å². The highest BCUT2D eigenvalue weighted by molar-refractivity contribution is 6.04. The van der Waals surface area contributed by atoms with Crippen LogP contribution in [-0.4, -0.2) is 48.3 Å². The molecule has 3 N–H and O–H groups in total. The monoisotopic (exact) mass is 266 g/mol. The minimum atomic E-state index is -0.998. The lowest BCUT2D eigenvalue weighted by molar-refractivity contribution is -0.116. The molecule has 6 nitrogen and oxygen atoms in total. The molecule has 1 unspecified atom stereocenters. The predicted molar refractivity (Wildman–Crippen MR) is 71.0 cm³/mol. The maximum atomic E-state index is 12.0. The van der Waals surface area contributed by atoms with Crippen LogP contribution in [0.2, 0.25) is 0 Å². The molecule has 104 valence electrons. The molecule has 1 aromatic carbocycles. The topological polar surface area (TPSA) is 89.9 Å². The number of nitrogens with zero attached hydrogens (tertiary/aromatic N) is 1. The van der Waals surface area contributed by atoms with Gasteiger partial charge in [0.25, 0.3) is 5.91 Å². The first-order valence-corrected chi connectivity index (χ1v) is 5.87. The molecule has 1 atom stereocenters. The number of para-hydroxylation sites is 1. The van der Waals surface area contributed by atoms with Gasteiger partial charge in [0.15, 0.2) is 0 Å². The van der Waals surface area contributed by atoms with Gasteiger partial charge in [0.2, 0.25) is 5.91 Å². The average molecular weight is 266 g/mol. The van der Waals surface area contributed by atoms with Crippen molar-refractivity contribution in [1.82, 2.24) is 5.32 Å². The Bertz CT molecular complexity index is 462. The van der Waals surface area contributed by atoms with Gasteiger partial charge in [-0.15, -0.1) is 0 Å². The molecule has 0 aliphatic heterocycles. The Balaban J connectivity index is 2.88. The van der Waals surface area contributed by atoms with E-state index in [1.807, 2.05) is 0 Å². The molecule has 0 bridgehead atoms. The molecule has 0 aliphatic carbocycles. The summed E-state index contributed by atoms with van der Waals surface area (Å²) in [4.78, 5) is 24.7. The van der Waals surface area contributed by atoms with Crippen molar-refractivity contribution in [3.63, 3.8) is 0 Å². The van der Waals surface area contributed by atoms with Crippen LogP contribution in [0.4, 0.5) is 5.69 Å². The van der Waals surface area contributed by atoms with Gasteiger partial charge in [0.1, 0.15) is 0 Å². The van der Waals surface area contributed by atoms with Crippen LogP contribution in [0.25, 0.3) is 0 Å². The Morgan fingerprint density at radius 3 is 2.58 bits per heavy atom. The summed E-state index contributed by atoms with van der Waals surface area (Å²) >= 11 is 0. The van der Waals surface area contributed by atoms with E-state index in [1.54, 1.807) is 31.3 Å². The van der Waals surface area contributed by atoms with Crippen LogP contribution in [-0.2, 0) is 4.79 Å². The van der Waals surface area contributed by atoms with Crippen molar-refractivity contribution in [2.45, 2.75) is 13.0 Å². The van der Waals surface area contributed by atoms with E-state index in [9.17, 15) is 14.7 Å². The molecule has 0 radical (unpaired) electrons. The zero-order valence-corrected chi connectivity index (χ0v) is 11.0. The number of hydrogen-bond donors (Lipinski definition) is 3. The number of aliphatic hydroxyl groups excluding tert-OH is 2. The number of anilines is 1. The lowest BCUT2D eigenvalue weighted by atomic mass is 10.1.